The molecule has 5 heteroatoms. The highest BCUT2D eigenvalue weighted by Gasteiger charge is 2.10. The van der Waals surface area contributed by atoms with E-state index in [2.05, 4.69) is 0 Å². The van der Waals surface area contributed by atoms with Gasteiger partial charge in [0.1, 0.15) is 17.2 Å². The summed E-state index contributed by atoms with van der Waals surface area (Å²) >= 11 is 0. The normalized spacial score (nSPS) is 10.7. The molecule has 2 rings (SSSR count). The smallest absolute Gasteiger partial charge is 0.335 e. The van der Waals surface area contributed by atoms with Crippen LogP contribution < -0.4 is 9.47 Å². The Labute approximate surface area is 134 Å². The molecule has 0 aromatic heterocycles. The number of methoxy groups -OCH3 is 1. The number of benzene rings is 2. The Morgan fingerprint density at radius 2 is 1.78 bits per heavy atom. The van der Waals surface area contributed by atoms with E-state index in [9.17, 15) is 9.90 Å². The fourth-order valence-electron chi connectivity index (χ4n) is 2.11. The molecule has 0 fully saturated rings. The van der Waals surface area contributed by atoms with Gasteiger partial charge < -0.3 is 19.7 Å². The number of phenols is 1. The topological polar surface area (TPSA) is 76.0 Å². The van der Waals surface area contributed by atoms with Gasteiger partial charge in [0.15, 0.2) is 0 Å². The third-order valence-corrected chi connectivity index (χ3v) is 3.21. The van der Waals surface area contributed by atoms with Gasteiger partial charge in [0.25, 0.3) is 0 Å². The molecule has 0 amide bonds. The molecule has 0 heterocycles. The highest BCUT2D eigenvalue weighted by Crippen LogP contribution is 2.35. The van der Waals surface area contributed by atoms with Crippen LogP contribution in [0.1, 0.15) is 28.4 Å². The van der Waals surface area contributed by atoms with Crippen molar-refractivity contribution in [2.75, 3.05) is 13.7 Å². The van der Waals surface area contributed by atoms with E-state index in [0.717, 1.165) is 5.56 Å². The quantitative estimate of drug-likeness (QED) is 0.796. The summed E-state index contributed by atoms with van der Waals surface area (Å²) in [5.74, 6) is 0.113. The van der Waals surface area contributed by atoms with Gasteiger partial charge in [-0.1, -0.05) is 18.2 Å². The van der Waals surface area contributed by atoms with Crippen LogP contribution in [0.15, 0.2) is 36.4 Å². The molecular formula is C18H18O5. The first-order valence-electron chi connectivity index (χ1n) is 7.10. The maximum absolute atomic E-state index is 10.8. The fraction of sp³-hybridized carbons (Fsp3) is 0.167. The highest BCUT2D eigenvalue weighted by atomic mass is 16.5. The minimum Gasteiger partial charge on any atom is -0.508 e. The van der Waals surface area contributed by atoms with Crippen molar-refractivity contribution in [1.29, 1.82) is 0 Å². The Morgan fingerprint density at radius 3 is 2.35 bits per heavy atom. The number of carboxylic acid groups (broad SMARTS) is 1. The van der Waals surface area contributed by atoms with E-state index in [0.29, 0.717) is 23.7 Å². The van der Waals surface area contributed by atoms with Crippen LogP contribution in [0.4, 0.5) is 0 Å². The molecule has 0 bridgehead atoms. The SMILES string of the molecule is CCOc1cc(O)cc(OC)c1C=Cc1ccc(C(=O)O)cc1. The highest BCUT2D eigenvalue weighted by molar-refractivity contribution is 5.88. The van der Waals surface area contributed by atoms with Crippen LogP contribution in [0.5, 0.6) is 17.2 Å². The van der Waals surface area contributed by atoms with Crippen molar-refractivity contribution in [1.82, 2.24) is 0 Å². The summed E-state index contributed by atoms with van der Waals surface area (Å²) in [5, 5.41) is 18.6. The van der Waals surface area contributed by atoms with E-state index in [-0.39, 0.29) is 11.3 Å². The van der Waals surface area contributed by atoms with Crippen molar-refractivity contribution in [3.05, 3.63) is 53.1 Å². The predicted octanol–water partition coefficient (Wildman–Crippen LogP) is 3.67. The average Bonchev–Trinajstić information content (AvgIpc) is 2.54. The number of carboxylic acids is 1. The lowest BCUT2D eigenvalue weighted by Gasteiger charge is -2.12. The van der Waals surface area contributed by atoms with Gasteiger partial charge in [-0.15, -0.1) is 0 Å². The summed E-state index contributed by atoms with van der Waals surface area (Å²) in [6.45, 7) is 2.31. The third-order valence-electron chi connectivity index (χ3n) is 3.21. The summed E-state index contributed by atoms with van der Waals surface area (Å²) < 4.78 is 10.8. The zero-order valence-corrected chi connectivity index (χ0v) is 12.9. The van der Waals surface area contributed by atoms with Crippen molar-refractivity contribution in [3.8, 4) is 17.2 Å². The minimum absolute atomic E-state index is 0.0632. The number of aromatic hydroxyl groups is 1. The zero-order valence-electron chi connectivity index (χ0n) is 12.9. The second-order valence-electron chi connectivity index (χ2n) is 4.75. The molecule has 2 N–H and O–H groups in total. The van der Waals surface area contributed by atoms with Crippen LogP contribution in [0, 0.1) is 0 Å². The van der Waals surface area contributed by atoms with Gasteiger partial charge in [0, 0.05) is 12.1 Å². The molecule has 5 nitrogen and oxygen atoms in total. The molecule has 0 aliphatic rings. The Morgan fingerprint density at radius 1 is 1.13 bits per heavy atom. The summed E-state index contributed by atoms with van der Waals surface area (Å²) in [5.41, 5.74) is 1.78. The van der Waals surface area contributed by atoms with E-state index in [1.54, 1.807) is 30.3 Å². The van der Waals surface area contributed by atoms with Gasteiger partial charge in [-0.3, -0.25) is 0 Å². The van der Waals surface area contributed by atoms with Crippen LogP contribution in [0.2, 0.25) is 0 Å². The second-order valence-corrected chi connectivity index (χ2v) is 4.75. The van der Waals surface area contributed by atoms with Gasteiger partial charge >= 0.3 is 5.97 Å². The van der Waals surface area contributed by atoms with E-state index in [1.807, 2.05) is 13.0 Å². The maximum atomic E-state index is 10.8. The number of carbonyl (C=O) groups is 1. The first kappa shape index (κ1) is 16.4. The third kappa shape index (κ3) is 4.03. The summed E-state index contributed by atoms with van der Waals surface area (Å²) in [4.78, 5) is 10.8. The monoisotopic (exact) mass is 314 g/mol. The Kier molecular flexibility index (Phi) is 5.25. The van der Waals surface area contributed by atoms with E-state index >= 15 is 0 Å². The number of hydrogen-bond acceptors (Lipinski definition) is 4. The van der Waals surface area contributed by atoms with Crippen LogP contribution in [0.25, 0.3) is 12.2 Å². The maximum Gasteiger partial charge on any atom is 0.335 e. The fourth-order valence-corrected chi connectivity index (χ4v) is 2.11. The van der Waals surface area contributed by atoms with E-state index in [1.165, 1.54) is 19.2 Å². The van der Waals surface area contributed by atoms with Crippen LogP contribution in [0.3, 0.4) is 0 Å². The standard InChI is InChI=1S/C18H18O5/c1-3-23-17-11-14(19)10-16(22-2)15(17)9-6-12-4-7-13(8-5-12)18(20)21/h4-11,19H,3H2,1-2H3,(H,20,21). The molecule has 0 aliphatic heterocycles. The molecule has 0 spiro atoms. The molecule has 0 radical (unpaired) electrons. The second kappa shape index (κ2) is 7.35. The Balaban J connectivity index is 2.35. The predicted molar refractivity (Wildman–Crippen MR) is 88.2 cm³/mol. The number of aromatic carboxylic acids is 1. The molecule has 0 saturated carbocycles. The van der Waals surface area contributed by atoms with Crippen LogP contribution in [-0.2, 0) is 0 Å². The number of phenolic OH excluding ortho intramolecular Hbond substituents is 1. The van der Waals surface area contributed by atoms with Gasteiger partial charge in [0.2, 0.25) is 0 Å². The molecule has 120 valence electrons. The minimum atomic E-state index is -0.959. The van der Waals surface area contributed by atoms with Gasteiger partial charge in [-0.05, 0) is 30.7 Å². The molecular weight excluding hydrogens is 296 g/mol. The molecule has 23 heavy (non-hydrogen) atoms. The molecule has 2 aromatic rings. The van der Waals surface area contributed by atoms with Crippen molar-refractivity contribution < 1.29 is 24.5 Å². The van der Waals surface area contributed by atoms with Crippen molar-refractivity contribution in [2.45, 2.75) is 6.92 Å². The molecule has 0 aliphatic carbocycles. The summed E-state index contributed by atoms with van der Waals surface area (Å²) in [7, 11) is 1.52. The Hall–Kier alpha value is -2.95. The molecule has 0 atom stereocenters. The first-order valence-corrected chi connectivity index (χ1v) is 7.10. The zero-order chi connectivity index (χ0) is 16.8. The summed E-state index contributed by atoms with van der Waals surface area (Å²) in [6, 6.07) is 9.55. The largest absolute Gasteiger partial charge is 0.508 e. The number of ether oxygens (including phenoxy) is 2. The average molecular weight is 314 g/mol. The lowest BCUT2D eigenvalue weighted by Crippen LogP contribution is -1.96. The van der Waals surface area contributed by atoms with Gasteiger partial charge in [-0.2, -0.15) is 0 Å². The molecule has 0 unspecified atom stereocenters. The van der Waals surface area contributed by atoms with Crippen molar-refractivity contribution in [3.63, 3.8) is 0 Å². The first-order chi connectivity index (χ1) is 11.0. The van der Waals surface area contributed by atoms with E-state index < -0.39 is 5.97 Å². The van der Waals surface area contributed by atoms with E-state index in [4.69, 9.17) is 14.6 Å². The van der Waals surface area contributed by atoms with Crippen molar-refractivity contribution in [2.24, 2.45) is 0 Å². The number of rotatable bonds is 6. The van der Waals surface area contributed by atoms with Gasteiger partial charge in [-0.25, -0.2) is 4.79 Å². The lowest BCUT2D eigenvalue weighted by molar-refractivity contribution is 0.0697. The van der Waals surface area contributed by atoms with Gasteiger partial charge in [0.05, 0.1) is 24.8 Å². The van der Waals surface area contributed by atoms with Crippen LogP contribution in [-0.4, -0.2) is 29.9 Å². The Bertz CT molecular complexity index is 717. The number of hydrogen-bond donors (Lipinski definition) is 2. The van der Waals surface area contributed by atoms with Crippen LogP contribution >= 0.6 is 0 Å². The molecule has 0 saturated heterocycles. The summed E-state index contributed by atoms with van der Waals surface area (Å²) in [6.07, 6.45) is 3.63. The molecule has 2 aromatic carbocycles. The lowest BCUT2D eigenvalue weighted by atomic mass is 10.1. The van der Waals surface area contributed by atoms with Crippen molar-refractivity contribution >= 4 is 18.1 Å².